The summed E-state index contributed by atoms with van der Waals surface area (Å²) in [7, 11) is -0.614. The zero-order valence-electron chi connectivity index (χ0n) is 50.4. The first-order valence-electron chi connectivity index (χ1n) is 26.9. The number of sulfonamides is 1. The lowest BCUT2D eigenvalue weighted by Gasteiger charge is -2.20. The van der Waals surface area contributed by atoms with E-state index in [2.05, 4.69) is 123 Å². The molecule has 0 saturated heterocycles. The van der Waals surface area contributed by atoms with Gasteiger partial charge in [0, 0.05) is 71.2 Å². The number of aromatic nitrogens is 12. The van der Waals surface area contributed by atoms with Gasteiger partial charge in [-0.25, -0.2) is 31.1 Å². The summed E-state index contributed by atoms with van der Waals surface area (Å²) < 4.78 is 72.4. The Kier molecular flexibility index (Phi) is 19.3. The van der Waals surface area contributed by atoms with Crippen LogP contribution in [0.5, 0.6) is 11.5 Å². The van der Waals surface area contributed by atoms with E-state index in [0.717, 1.165) is 38.2 Å². The highest BCUT2D eigenvalue weighted by atomic mass is 32.2. The van der Waals surface area contributed by atoms with Crippen LogP contribution in [0.15, 0.2) is 83.8 Å². The number of amides is 1. The Labute approximate surface area is 493 Å². The summed E-state index contributed by atoms with van der Waals surface area (Å²) in [6, 6.07) is 21.2. The number of rotatable bonds is 17. The van der Waals surface area contributed by atoms with Gasteiger partial charge >= 0.3 is 5.97 Å². The molecular formula is C56H76N16O9S3. The van der Waals surface area contributed by atoms with Gasteiger partial charge in [0.05, 0.1) is 29.1 Å². The van der Waals surface area contributed by atoms with Crippen LogP contribution in [0, 0.1) is 26.7 Å². The van der Waals surface area contributed by atoms with E-state index >= 15 is 0 Å². The number of hydrogen-bond acceptors (Lipinski definition) is 14. The molecule has 6 heterocycles. The van der Waals surface area contributed by atoms with Crippen molar-refractivity contribution < 1.29 is 39.9 Å². The first-order chi connectivity index (χ1) is 39.1. The van der Waals surface area contributed by atoms with Crippen molar-refractivity contribution in [3.8, 4) is 11.5 Å². The second-order valence-electron chi connectivity index (χ2n) is 23.9. The third-order valence-electron chi connectivity index (χ3n) is 13.4. The smallest absolute Gasteiger partial charge is 0.335 e. The Morgan fingerprint density at radius 1 is 0.631 bits per heavy atom. The Bertz CT molecular complexity index is 3960. The molecule has 0 bridgehead atoms. The van der Waals surface area contributed by atoms with Gasteiger partial charge in [0.15, 0.2) is 34.4 Å². The van der Waals surface area contributed by atoms with Gasteiger partial charge < -0.3 is 18.8 Å². The van der Waals surface area contributed by atoms with Gasteiger partial charge in [0.2, 0.25) is 10.0 Å². The van der Waals surface area contributed by atoms with Gasteiger partial charge in [-0.05, 0) is 92.8 Å². The predicted octanol–water partition coefficient (Wildman–Crippen LogP) is 8.12. The minimum Gasteiger partial charge on any atom is -0.478 e. The zero-order chi connectivity index (χ0) is 62.0. The number of fused-ring (bicyclic) bond motifs is 3. The van der Waals surface area contributed by atoms with Gasteiger partial charge in [-0.15, -0.1) is 30.6 Å². The van der Waals surface area contributed by atoms with E-state index in [-0.39, 0.29) is 56.9 Å². The number of aromatic amines is 3. The third kappa shape index (κ3) is 15.2. The molecule has 28 heteroatoms. The molecule has 25 nitrogen and oxygen atoms in total. The molecule has 4 atom stereocenters. The topological polar surface area (TPSA) is 318 Å². The fourth-order valence-electron chi connectivity index (χ4n) is 8.06. The molecule has 7 N–H and O–H groups in total. The Morgan fingerprint density at radius 3 is 1.62 bits per heavy atom. The van der Waals surface area contributed by atoms with E-state index in [1.807, 2.05) is 75.5 Å². The molecule has 6 aromatic heterocycles. The summed E-state index contributed by atoms with van der Waals surface area (Å²) in [5.41, 5.74) is 8.11. The molecule has 84 heavy (non-hydrogen) atoms. The van der Waals surface area contributed by atoms with E-state index in [1.165, 1.54) is 50.5 Å². The fourth-order valence-corrected chi connectivity index (χ4v) is 10.6. The quantitative estimate of drug-likeness (QED) is 0.0453. The van der Waals surface area contributed by atoms with Crippen LogP contribution in [0.2, 0.25) is 0 Å². The monoisotopic (exact) mass is 1210 g/mol. The van der Waals surface area contributed by atoms with Crippen molar-refractivity contribution in [3.63, 3.8) is 0 Å². The Morgan fingerprint density at radius 2 is 1.10 bits per heavy atom. The number of hydrogen-bond donors (Lipinski definition) is 7. The Balaban J connectivity index is 0.000000181. The number of H-pyrrole nitrogens is 3. The van der Waals surface area contributed by atoms with Crippen molar-refractivity contribution in [3.05, 3.63) is 141 Å². The third-order valence-corrected chi connectivity index (χ3v) is 16.7. The van der Waals surface area contributed by atoms with Gasteiger partial charge in [0.25, 0.3) is 28.4 Å². The average molecular weight is 1210 g/mol. The number of carbonyl (C=O) groups excluding carboxylic acids is 1. The summed E-state index contributed by atoms with van der Waals surface area (Å²) in [4.78, 5) is 23.8. The van der Waals surface area contributed by atoms with Crippen LogP contribution in [0.1, 0.15) is 167 Å². The normalized spacial score (nSPS) is 13.8. The van der Waals surface area contributed by atoms with Crippen molar-refractivity contribution in [1.82, 2.24) is 78.5 Å². The van der Waals surface area contributed by atoms with E-state index in [4.69, 9.17) is 13.5 Å². The van der Waals surface area contributed by atoms with Crippen molar-refractivity contribution >= 4 is 61.4 Å². The number of aromatic carboxylic acids is 1. The van der Waals surface area contributed by atoms with Crippen molar-refractivity contribution in [2.75, 3.05) is 14.1 Å². The first kappa shape index (κ1) is 63.9. The molecular weight excluding hydrogens is 1140 g/mol. The van der Waals surface area contributed by atoms with Gasteiger partial charge in [-0.2, -0.15) is 17.9 Å². The van der Waals surface area contributed by atoms with E-state index in [1.54, 1.807) is 22.0 Å². The van der Waals surface area contributed by atoms with Gasteiger partial charge in [-0.1, -0.05) is 94.4 Å². The highest BCUT2D eigenvalue weighted by Gasteiger charge is 2.28. The maximum Gasteiger partial charge on any atom is 0.335 e. The van der Waals surface area contributed by atoms with Crippen LogP contribution < -0.4 is 23.1 Å². The molecule has 0 aliphatic rings. The van der Waals surface area contributed by atoms with Crippen LogP contribution in [0.25, 0.3) is 16.9 Å². The van der Waals surface area contributed by atoms with Crippen LogP contribution >= 0.6 is 0 Å². The van der Waals surface area contributed by atoms with E-state index in [0.29, 0.717) is 45.6 Å². The fraction of sp³-hybridized carbons (Fsp3) is 0.429. The van der Waals surface area contributed by atoms with Gasteiger partial charge in [-0.3, -0.25) is 20.1 Å². The summed E-state index contributed by atoms with van der Waals surface area (Å²) in [5, 5.41) is 46.9. The molecule has 9 aromatic rings. The summed E-state index contributed by atoms with van der Waals surface area (Å²) in [5.74, 6) is 1.37. The lowest BCUT2D eigenvalue weighted by Crippen LogP contribution is -2.32. The average Bonchev–Trinajstić information content (AvgIpc) is 2.82. The van der Waals surface area contributed by atoms with Crippen molar-refractivity contribution in [2.45, 2.75) is 144 Å². The molecule has 0 fully saturated rings. The number of aryl methyl sites for hydroxylation is 3. The van der Waals surface area contributed by atoms with Crippen molar-refractivity contribution in [1.29, 1.82) is 0 Å². The highest BCUT2D eigenvalue weighted by Crippen LogP contribution is 2.29. The van der Waals surface area contributed by atoms with E-state index in [9.17, 15) is 26.4 Å². The minimum atomic E-state index is -3.54. The molecule has 0 radical (unpaired) electrons. The largest absolute Gasteiger partial charge is 0.478 e. The molecule has 1 amide bonds. The summed E-state index contributed by atoms with van der Waals surface area (Å²) in [6.45, 7) is 30.6. The standard InChI is InChI=1S/C20H29N5O2S.C19H26N6O3S.C17H21N5O4S/c1-12(2)18(24-28(26)27-15-10-13(3)8-9-14(15)4)19-22-21-17-11-16(20(5,6)7)23-25(17)19;1-12(17-22-21-16-11-15(19(2,3)4)23-25(16)17)20-18(26)13-7-9-14(10-8-13)29(27,28)24(5)6;1-10-5-6-11(16(23)24)7-12(10)26-27(25)18-9-15-20-19-14-8-13(17(2,3)4)21-22(14)15/h8-12,18,23-24H,1-7H3;7-12,23H,1-6H3,(H,20,26);5-8,18,21H,9H2,1-4H3,(H,23,24). The molecule has 0 saturated carbocycles. The maximum absolute atomic E-state index is 12.7. The maximum atomic E-state index is 12.7. The molecule has 0 aliphatic heterocycles. The zero-order valence-corrected chi connectivity index (χ0v) is 52.8. The van der Waals surface area contributed by atoms with E-state index < -0.39 is 44.6 Å². The highest BCUT2D eigenvalue weighted by molar-refractivity contribution is 7.89. The summed E-state index contributed by atoms with van der Waals surface area (Å²) in [6.07, 6.45) is 0. The van der Waals surface area contributed by atoms with Crippen LogP contribution in [-0.4, -0.2) is 112 Å². The lowest BCUT2D eigenvalue weighted by molar-refractivity contribution is 0.0696. The molecule has 452 valence electrons. The molecule has 0 aliphatic carbocycles. The number of carbonyl (C=O) groups is 2. The van der Waals surface area contributed by atoms with Crippen LogP contribution in [0.4, 0.5) is 0 Å². The van der Waals surface area contributed by atoms with Gasteiger partial charge in [0.1, 0.15) is 11.5 Å². The number of carboxylic acids is 1. The second kappa shape index (κ2) is 25.3. The molecule has 3 aromatic carbocycles. The summed E-state index contributed by atoms with van der Waals surface area (Å²) >= 11 is -3.60. The van der Waals surface area contributed by atoms with Crippen molar-refractivity contribution in [2.24, 2.45) is 5.92 Å². The SMILES string of the molecule is CC(NC(=O)c1ccc(S(=O)(=O)N(C)C)cc1)c1nnc2cc(C(C)(C)C)[nH]n12.Cc1ccc(C(=O)O)cc1OS(=O)NCc1nnc2cc(C(C)(C)C)[nH]n12.Cc1ccc(C)c(OS(=O)NC(c2nnc3cc(C(C)(C)C)[nH]n23)C(C)C)c1. The number of nitrogens with one attached hydrogen (secondary N) is 6. The molecule has 0 spiro atoms. The first-order valence-corrected chi connectivity index (χ1v) is 30.5. The second-order valence-corrected chi connectivity index (χ2v) is 27.9. The molecule has 9 rings (SSSR count). The van der Waals surface area contributed by atoms with Crippen LogP contribution in [0.3, 0.4) is 0 Å². The number of nitrogens with zero attached hydrogens (tertiary/aromatic N) is 10. The van der Waals surface area contributed by atoms with Crippen LogP contribution in [-0.2, 0) is 55.3 Å². The number of benzene rings is 3. The molecule has 4 unspecified atom stereocenters. The Hall–Kier alpha value is -7.63. The predicted molar refractivity (Wildman–Crippen MR) is 320 cm³/mol. The minimum absolute atomic E-state index is 0.0344. The lowest BCUT2D eigenvalue weighted by atomic mass is 9.93. The number of carboxylic acid groups (broad SMARTS) is 1.